The summed E-state index contributed by atoms with van der Waals surface area (Å²) >= 11 is 2.19. The molecule has 1 aromatic carbocycles. The third kappa shape index (κ3) is 7.85. The lowest BCUT2D eigenvalue weighted by atomic mass is 10.0. The SMILES string of the molecule is COC(=O)[C@@H](Cc1cccc(I)c1)NC(=O)[C@H](CC(C)C)NC(C)=O. The molecule has 0 bridgehead atoms. The normalized spacial score (nSPS) is 13.0. The van der Waals surface area contributed by atoms with Gasteiger partial charge >= 0.3 is 5.97 Å². The maximum Gasteiger partial charge on any atom is 0.328 e. The van der Waals surface area contributed by atoms with Crippen molar-refractivity contribution in [1.29, 1.82) is 0 Å². The lowest BCUT2D eigenvalue weighted by Gasteiger charge is -2.23. The average molecular weight is 460 g/mol. The van der Waals surface area contributed by atoms with Crippen molar-refractivity contribution in [2.24, 2.45) is 5.92 Å². The molecule has 2 N–H and O–H groups in total. The van der Waals surface area contributed by atoms with Crippen molar-refractivity contribution >= 4 is 40.4 Å². The zero-order valence-corrected chi connectivity index (χ0v) is 17.1. The van der Waals surface area contributed by atoms with Gasteiger partial charge in [0.15, 0.2) is 0 Å². The lowest BCUT2D eigenvalue weighted by molar-refractivity contribution is -0.145. The largest absolute Gasteiger partial charge is 0.467 e. The van der Waals surface area contributed by atoms with Crippen LogP contribution < -0.4 is 10.6 Å². The van der Waals surface area contributed by atoms with Gasteiger partial charge < -0.3 is 15.4 Å². The second kappa shape index (κ2) is 10.4. The van der Waals surface area contributed by atoms with Crippen LogP contribution in [-0.2, 0) is 25.5 Å². The molecule has 2 atom stereocenters. The summed E-state index contributed by atoms with van der Waals surface area (Å²) in [5, 5.41) is 5.36. The molecule has 0 aliphatic carbocycles. The highest BCUT2D eigenvalue weighted by atomic mass is 127. The number of esters is 1. The highest BCUT2D eigenvalue weighted by molar-refractivity contribution is 14.1. The first-order valence-corrected chi connectivity index (χ1v) is 9.20. The number of halogens is 1. The van der Waals surface area contributed by atoms with E-state index in [-0.39, 0.29) is 17.7 Å². The van der Waals surface area contributed by atoms with E-state index in [4.69, 9.17) is 4.74 Å². The summed E-state index contributed by atoms with van der Waals surface area (Å²) in [5.74, 6) is -0.967. The van der Waals surface area contributed by atoms with Gasteiger partial charge in [-0.25, -0.2) is 4.79 Å². The van der Waals surface area contributed by atoms with Crippen LogP contribution in [-0.4, -0.2) is 37.0 Å². The van der Waals surface area contributed by atoms with Crippen LogP contribution in [0.1, 0.15) is 32.8 Å². The van der Waals surface area contributed by atoms with Gasteiger partial charge in [0.1, 0.15) is 12.1 Å². The summed E-state index contributed by atoms with van der Waals surface area (Å²) in [6, 6.07) is 6.20. The van der Waals surface area contributed by atoms with Gasteiger partial charge in [-0.2, -0.15) is 0 Å². The van der Waals surface area contributed by atoms with Crippen LogP contribution in [0.2, 0.25) is 0 Å². The minimum Gasteiger partial charge on any atom is -0.467 e. The molecule has 0 saturated carbocycles. The second-order valence-corrected chi connectivity index (χ2v) is 7.55. The van der Waals surface area contributed by atoms with Crippen LogP contribution in [0.4, 0.5) is 0 Å². The molecule has 0 aliphatic rings. The smallest absolute Gasteiger partial charge is 0.328 e. The van der Waals surface area contributed by atoms with Crippen molar-refractivity contribution in [3.63, 3.8) is 0 Å². The molecule has 1 rings (SSSR count). The van der Waals surface area contributed by atoms with E-state index in [0.29, 0.717) is 12.8 Å². The van der Waals surface area contributed by atoms with Gasteiger partial charge in [0.2, 0.25) is 11.8 Å². The van der Waals surface area contributed by atoms with Crippen molar-refractivity contribution in [3.8, 4) is 0 Å². The van der Waals surface area contributed by atoms with Crippen molar-refractivity contribution < 1.29 is 19.1 Å². The first-order valence-electron chi connectivity index (χ1n) is 8.12. The standard InChI is InChI=1S/C18H25IN2O4/c1-11(2)8-15(20-12(3)22)17(23)21-16(18(24)25-4)10-13-6-5-7-14(19)9-13/h5-7,9,11,15-16H,8,10H2,1-4H3,(H,20,22)(H,21,23)/t15-,16+/m0/s1. The molecule has 0 spiro atoms. The number of rotatable bonds is 8. The van der Waals surface area contributed by atoms with Gasteiger partial charge in [-0.1, -0.05) is 26.0 Å². The van der Waals surface area contributed by atoms with Gasteiger partial charge in [0.25, 0.3) is 0 Å². The Labute approximate surface area is 162 Å². The van der Waals surface area contributed by atoms with E-state index in [1.165, 1.54) is 14.0 Å². The fraction of sp³-hybridized carbons (Fsp3) is 0.500. The molecule has 0 aromatic heterocycles. The van der Waals surface area contributed by atoms with Gasteiger partial charge in [-0.05, 0) is 52.6 Å². The van der Waals surface area contributed by atoms with Gasteiger partial charge in [0.05, 0.1) is 7.11 Å². The summed E-state index contributed by atoms with van der Waals surface area (Å²) in [6.07, 6.45) is 0.812. The molecule has 0 radical (unpaired) electrons. The third-order valence-electron chi connectivity index (χ3n) is 3.53. The number of amides is 2. The quantitative estimate of drug-likeness (QED) is 0.460. The Morgan fingerprint density at radius 1 is 1.16 bits per heavy atom. The molecule has 1 aromatic rings. The molecule has 6 nitrogen and oxygen atoms in total. The number of nitrogens with one attached hydrogen (secondary N) is 2. The number of hydrogen-bond acceptors (Lipinski definition) is 4. The predicted octanol–water partition coefficient (Wildman–Crippen LogP) is 2.04. The van der Waals surface area contributed by atoms with Crippen molar-refractivity contribution in [2.45, 2.75) is 45.7 Å². The van der Waals surface area contributed by atoms with Crippen LogP contribution in [0.15, 0.2) is 24.3 Å². The zero-order chi connectivity index (χ0) is 19.0. The Kier molecular flexibility index (Phi) is 8.88. The van der Waals surface area contributed by atoms with E-state index in [1.54, 1.807) is 0 Å². The number of carbonyl (C=O) groups excluding carboxylic acids is 3. The van der Waals surface area contributed by atoms with E-state index in [1.807, 2.05) is 38.1 Å². The monoisotopic (exact) mass is 460 g/mol. The number of ether oxygens (including phenoxy) is 1. The van der Waals surface area contributed by atoms with Crippen LogP contribution >= 0.6 is 22.6 Å². The van der Waals surface area contributed by atoms with Crippen molar-refractivity contribution in [1.82, 2.24) is 10.6 Å². The first-order chi connectivity index (χ1) is 11.7. The summed E-state index contributed by atoms with van der Waals surface area (Å²) in [5.41, 5.74) is 0.919. The molecule has 2 amide bonds. The highest BCUT2D eigenvalue weighted by Gasteiger charge is 2.27. The second-order valence-electron chi connectivity index (χ2n) is 6.30. The molecule has 7 heteroatoms. The van der Waals surface area contributed by atoms with E-state index in [9.17, 15) is 14.4 Å². The Morgan fingerprint density at radius 3 is 2.36 bits per heavy atom. The van der Waals surface area contributed by atoms with Gasteiger partial charge in [-0.15, -0.1) is 0 Å². The number of methoxy groups -OCH3 is 1. The molecule has 25 heavy (non-hydrogen) atoms. The molecule has 138 valence electrons. The third-order valence-corrected chi connectivity index (χ3v) is 4.20. The zero-order valence-electron chi connectivity index (χ0n) is 15.0. The molecule has 0 saturated heterocycles. The average Bonchev–Trinajstić information content (AvgIpc) is 2.52. The van der Waals surface area contributed by atoms with Crippen molar-refractivity contribution in [3.05, 3.63) is 33.4 Å². The minimum atomic E-state index is -0.806. The summed E-state index contributed by atoms with van der Waals surface area (Å²) in [7, 11) is 1.29. The lowest BCUT2D eigenvalue weighted by Crippen LogP contribution is -2.52. The van der Waals surface area contributed by atoms with Gasteiger partial charge in [0, 0.05) is 16.9 Å². The molecule has 0 heterocycles. The summed E-state index contributed by atoms with van der Waals surface area (Å²) in [4.78, 5) is 36.0. The Morgan fingerprint density at radius 2 is 1.84 bits per heavy atom. The maximum absolute atomic E-state index is 12.6. The highest BCUT2D eigenvalue weighted by Crippen LogP contribution is 2.11. The van der Waals surface area contributed by atoms with E-state index >= 15 is 0 Å². The van der Waals surface area contributed by atoms with Crippen LogP contribution in [0.25, 0.3) is 0 Å². The van der Waals surface area contributed by atoms with E-state index in [0.717, 1.165) is 9.13 Å². The summed E-state index contributed by atoms with van der Waals surface area (Å²) in [6.45, 7) is 5.29. The maximum atomic E-state index is 12.6. The molecule has 0 unspecified atom stereocenters. The number of carbonyl (C=O) groups is 3. The van der Waals surface area contributed by atoms with Crippen molar-refractivity contribution in [2.75, 3.05) is 7.11 Å². The Bertz CT molecular complexity index is 619. The fourth-order valence-corrected chi connectivity index (χ4v) is 3.06. The van der Waals surface area contributed by atoms with E-state index < -0.39 is 18.1 Å². The Balaban J connectivity index is 2.89. The molecule has 0 aliphatic heterocycles. The topological polar surface area (TPSA) is 84.5 Å². The van der Waals surface area contributed by atoms with E-state index in [2.05, 4.69) is 33.2 Å². The minimum absolute atomic E-state index is 0.217. The molecule has 0 fully saturated rings. The Hall–Kier alpha value is -1.64. The number of benzene rings is 1. The molecular formula is C18H25IN2O4. The molecular weight excluding hydrogens is 435 g/mol. The van der Waals surface area contributed by atoms with Crippen LogP contribution in [0.3, 0.4) is 0 Å². The van der Waals surface area contributed by atoms with Gasteiger partial charge in [-0.3, -0.25) is 9.59 Å². The van der Waals surface area contributed by atoms with Crippen LogP contribution in [0, 0.1) is 9.49 Å². The summed E-state index contributed by atoms with van der Waals surface area (Å²) < 4.78 is 5.86. The fourth-order valence-electron chi connectivity index (χ4n) is 2.46. The first kappa shape index (κ1) is 21.4. The van der Waals surface area contributed by atoms with Crippen LogP contribution in [0.5, 0.6) is 0 Å². The predicted molar refractivity (Wildman–Crippen MR) is 104 cm³/mol. The number of hydrogen-bond donors (Lipinski definition) is 2.